The first kappa shape index (κ1) is 21.4. The van der Waals surface area contributed by atoms with Crippen molar-refractivity contribution in [1.29, 1.82) is 0 Å². The number of fused-ring (bicyclic) bond motifs is 1. The van der Waals surface area contributed by atoms with E-state index in [1.54, 1.807) is 0 Å². The lowest BCUT2D eigenvalue weighted by Gasteiger charge is -2.48. The summed E-state index contributed by atoms with van der Waals surface area (Å²) >= 11 is 0. The molecule has 1 saturated heterocycles. The summed E-state index contributed by atoms with van der Waals surface area (Å²) in [5, 5.41) is 8.31. The Labute approximate surface area is 189 Å². The highest BCUT2D eigenvalue weighted by Crippen LogP contribution is 2.35. The Hall–Kier alpha value is -2.44. The maximum atomic E-state index is 13.4. The summed E-state index contributed by atoms with van der Waals surface area (Å²) in [5.41, 5.74) is 1.17. The van der Waals surface area contributed by atoms with Crippen molar-refractivity contribution in [1.82, 2.24) is 10.2 Å². The molecule has 0 atom stereocenters. The second kappa shape index (κ2) is 9.20. The molecule has 0 aromatic heterocycles. The van der Waals surface area contributed by atoms with Crippen LogP contribution in [0, 0.1) is 5.92 Å². The van der Waals surface area contributed by atoms with E-state index in [0.29, 0.717) is 17.8 Å². The van der Waals surface area contributed by atoms with Gasteiger partial charge in [0.1, 0.15) is 0 Å². The molecule has 0 bridgehead atoms. The van der Waals surface area contributed by atoms with Crippen LogP contribution >= 0.6 is 0 Å². The maximum Gasteiger partial charge on any atom is 0.253 e. The number of hydrogen-bond donors (Lipinski definition) is 2. The third kappa shape index (κ3) is 4.52. The topological polar surface area (TPSA) is 70.7 Å². The Morgan fingerprint density at radius 1 is 1.00 bits per heavy atom. The van der Waals surface area contributed by atoms with E-state index in [4.69, 9.17) is 4.74 Å². The number of nitrogens with one attached hydrogen (secondary N) is 2. The molecule has 6 heteroatoms. The monoisotopic (exact) mass is 435 g/mol. The van der Waals surface area contributed by atoms with Crippen LogP contribution in [-0.2, 0) is 9.53 Å². The predicted octanol–water partition coefficient (Wildman–Crippen LogP) is 3.95. The van der Waals surface area contributed by atoms with Crippen LogP contribution in [0.3, 0.4) is 0 Å². The molecule has 0 unspecified atom stereocenters. The van der Waals surface area contributed by atoms with Crippen molar-refractivity contribution >= 4 is 28.3 Å². The zero-order chi connectivity index (χ0) is 22.0. The van der Waals surface area contributed by atoms with E-state index in [2.05, 4.69) is 15.5 Å². The summed E-state index contributed by atoms with van der Waals surface area (Å²) in [7, 11) is 0. The van der Waals surface area contributed by atoms with Crippen LogP contribution in [-0.4, -0.2) is 55.1 Å². The van der Waals surface area contributed by atoms with Gasteiger partial charge < -0.3 is 15.4 Å². The molecule has 170 valence electrons. The highest BCUT2D eigenvalue weighted by Gasteiger charge is 2.39. The molecule has 2 aromatic carbocycles. The molecular formula is C26H33N3O3. The van der Waals surface area contributed by atoms with Crippen molar-refractivity contribution in [2.24, 2.45) is 5.92 Å². The van der Waals surface area contributed by atoms with Crippen LogP contribution in [0.15, 0.2) is 36.4 Å². The molecule has 2 amide bonds. The Kier molecular flexibility index (Phi) is 6.15. The number of carbonyl (C=O) groups is 2. The summed E-state index contributed by atoms with van der Waals surface area (Å²) in [4.78, 5) is 28.5. The first-order valence-electron chi connectivity index (χ1n) is 12.1. The van der Waals surface area contributed by atoms with E-state index in [1.165, 1.54) is 19.3 Å². The second-order valence-corrected chi connectivity index (χ2v) is 9.58. The van der Waals surface area contributed by atoms with Gasteiger partial charge in [0.15, 0.2) is 0 Å². The third-order valence-electron chi connectivity index (χ3n) is 7.38. The minimum absolute atomic E-state index is 0.00591. The normalized spacial score (nSPS) is 21.2. The van der Waals surface area contributed by atoms with Gasteiger partial charge in [-0.1, -0.05) is 43.5 Å². The van der Waals surface area contributed by atoms with Gasteiger partial charge in [0.2, 0.25) is 5.91 Å². The van der Waals surface area contributed by atoms with Crippen molar-refractivity contribution in [3.05, 3.63) is 42.0 Å². The summed E-state index contributed by atoms with van der Waals surface area (Å²) in [6.45, 7) is 4.01. The van der Waals surface area contributed by atoms with Gasteiger partial charge in [-0.05, 0) is 48.6 Å². The van der Waals surface area contributed by atoms with E-state index in [-0.39, 0.29) is 23.3 Å². The molecule has 6 nitrogen and oxygen atoms in total. The first-order chi connectivity index (χ1) is 15.6. The molecule has 1 aliphatic heterocycles. The molecule has 3 aliphatic rings. The zero-order valence-electron chi connectivity index (χ0n) is 18.7. The summed E-state index contributed by atoms with van der Waals surface area (Å²) < 4.78 is 5.58. The van der Waals surface area contributed by atoms with Gasteiger partial charge in [-0.3, -0.25) is 14.5 Å². The van der Waals surface area contributed by atoms with Gasteiger partial charge in [-0.2, -0.15) is 0 Å². The van der Waals surface area contributed by atoms with Gasteiger partial charge in [0, 0.05) is 31.1 Å². The van der Waals surface area contributed by atoms with E-state index in [0.717, 1.165) is 62.8 Å². The van der Waals surface area contributed by atoms with Crippen LogP contribution in [0.25, 0.3) is 10.8 Å². The number of nitrogens with zero attached hydrogens (tertiary/aromatic N) is 1. The smallest absolute Gasteiger partial charge is 0.253 e. The minimum atomic E-state index is -0.111. The van der Waals surface area contributed by atoms with Gasteiger partial charge in [-0.15, -0.1) is 0 Å². The Bertz CT molecular complexity index is 989. The number of carbonyl (C=O) groups excluding carboxylic acids is 2. The molecule has 5 rings (SSSR count). The van der Waals surface area contributed by atoms with Crippen LogP contribution in [0.2, 0.25) is 0 Å². The number of hydrogen-bond acceptors (Lipinski definition) is 4. The third-order valence-corrected chi connectivity index (χ3v) is 7.38. The lowest BCUT2D eigenvalue weighted by atomic mass is 9.79. The van der Waals surface area contributed by atoms with Crippen molar-refractivity contribution < 1.29 is 14.3 Å². The fourth-order valence-corrected chi connectivity index (χ4v) is 5.30. The Morgan fingerprint density at radius 2 is 1.69 bits per heavy atom. The summed E-state index contributed by atoms with van der Waals surface area (Å²) in [6, 6.07) is 11.8. The Balaban J connectivity index is 1.38. The lowest BCUT2D eigenvalue weighted by molar-refractivity contribution is -0.117. The first-order valence-corrected chi connectivity index (χ1v) is 12.1. The number of ether oxygens (including phenoxy) is 1. The molecule has 1 heterocycles. The quantitative estimate of drug-likeness (QED) is 0.721. The maximum absolute atomic E-state index is 13.4. The molecule has 2 aromatic rings. The lowest BCUT2D eigenvalue weighted by Crippen LogP contribution is -2.59. The molecule has 0 spiro atoms. The Morgan fingerprint density at radius 3 is 2.38 bits per heavy atom. The SMILES string of the molecule is O=C(NCC1(N2CCOCC2)CCCCC1)c1cc2ccccc2cc1NC(=O)C1CC1. The minimum Gasteiger partial charge on any atom is -0.379 e. The molecular weight excluding hydrogens is 402 g/mol. The van der Waals surface area contributed by atoms with E-state index in [9.17, 15) is 9.59 Å². The fraction of sp³-hybridized carbons (Fsp3) is 0.538. The van der Waals surface area contributed by atoms with Crippen LogP contribution in [0.4, 0.5) is 5.69 Å². The molecule has 2 aliphatic carbocycles. The number of benzene rings is 2. The number of morpholine rings is 1. The van der Waals surface area contributed by atoms with Crippen molar-refractivity contribution in [3.63, 3.8) is 0 Å². The van der Waals surface area contributed by atoms with Crippen molar-refractivity contribution in [3.8, 4) is 0 Å². The largest absolute Gasteiger partial charge is 0.379 e. The van der Waals surface area contributed by atoms with Crippen LogP contribution in [0.1, 0.15) is 55.3 Å². The molecule has 0 radical (unpaired) electrons. The number of amides is 2. The molecule has 2 saturated carbocycles. The van der Waals surface area contributed by atoms with E-state index in [1.807, 2.05) is 36.4 Å². The van der Waals surface area contributed by atoms with Crippen LogP contribution < -0.4 is 10.6 Å². The standard InChI is InChI=1S/C26H33N3O3/c30-24(19-8-9-19)28-23-17-21-7-3-2-6-20(21)16-22(23)25(31)27-18-26(10-4-1-5-11-26)29-12-14-32-15-13-29/h2-3,6-7,16-17,19H,1,4-5,8-15,18H2,(H,27,31)(H,28,30). The van der Waals surface area contributed by atoms with Crippen molar-refractivity contribution in [2.75, 3.05) is 38.2 Å². The molecule has 2 N–H and O–H groups in total. The molecule has 32 heavy (non-hydrogen) atoms. The molecule has 3 fully saturated rings. The van der Waals surface area contributed by atoms with Crippen LogP contribution in [0.5, 0.6) is 0 Å². The van der Waals surface area contributed by atoms with Gasteiger partial charge >= 0.3 is 0 Å². The highest BCUT2D eigenvalue weighted by molar-refractivity contribution is 6.08. The number of rotatable bonds is 6. The fourth-order valence-electron chi connectivity index (χ4n) is 5.30. The summed E-state index contributed by atoms with van der Waals surface area (Å²) in [5.74, 6) is -0.00401. The zero-order valence-corrected chi connectivity index (χ0v) is 18.7. The second-order valence-electron chi connectivity index (χ2n) is 9.58. The van der Waals surface area contributed by atoms with Gasteiger partial charge in [-0.25, -0.2) is 0 Å². The van der Waals surface area contributed by atoms with E-state index < -0.39 is 0 Å². The predicted molar refractivity (Wildman–Crippen MR) is 126 cm³/mol. The average Bonchev–Trinajstić information content (AvgIpc) is 3.69. The van der Waals surface area contributed by atoms with Gasteiger partial charge in [0.25, 0.3) is 5.91 Å². The van der Waals surface area contributed by atoms with Crippen molar-refractivity contribution in [2.45, 2.75) is 50.5 Å². The van der Waals surface area contributed by atoms with E-state index >= 15 is 0 Å². The number of anilines is 1. The highest BCUT2D eigenvalue weighted by atomic mass is 16.5. The summed E-state index contributed by atoms with van der Waals surface area (Å²) in [6.07, 6.45) is 7.75. The van der Waals surface area contributed by atoms with Gasteiger partial charge in [0.05, 0.1) is 24.5 Å². The average molecular weight is 436 g/mol.